The summed E-state index contributed by atoms with van der Waals surface area (Å²) in [4.78, 5) is 0. The molecule has 94 valence electrons. The van der Waals surface area contributed by atoms with Crippen LogP contribution in [0.25, 0.3) is 0 Å². The predicted octanol–water partition coefficient (Wildman–Crippen LogP) is 3.57. The van der Waals surface area contributed by atoms with E-state index in [1.54, 1.807) is 0 Å². The topological polar surface area (TPSA) is 26.0 Å². The molecule has 1 aliphatic carbocycles. The Kier molecular flexibility index (Phi) is 3.53. The fourth-order valence-corrected chi connectivity index (χ4v) is 2.66. The van der Waals surface area contributed by atoms with Crippen molar-refractivity contribution in [3.63, 3.8) is 0 Å². The molecule has 2 rings (SSSR count). The molecule has 0 aromatic heterocycles. The first-order valence-electron chi connectivity index (χ1n) is 6.52. The van der Waals surface area contributed by atoms with Crippen molar-refractivity contribution >= 4 is 0 Å². The summed E-state index contributed by atoms with van der Waals surface area (Å²) in [5.41, 5.74) is 7.12. The number of nitrogens with two attached hydrogens (primary N) is 1. The van der Waals surface area contributed by atoms with Crippen LogP contribution in [0.1, 0.15) is 50.2 Å². The molecule has 0 heterocycles. The maximum Gasteiger partial charge on any atom is 0.116 e. The molecule has 2 atom stereocenters. The second kappa shape index (κ2) is 4.77. The van der Waals surface area contributed by atoms with Gasteiger partial charge in [0, 0.05) is 12.5 Å². The SMILES string of the molecule is CC(C)c1ccc(CC2(F)CCC(N)C2)cc1. The van der Waals surface area contributed by atoms with E-state index in [-0.39, 0.29) is 6.04 Å². The Bertz CT molecular complexity index is 371. The fraction of sp³-hybridized carbons (Fsp3) is 0.600. The van der Waals surface area contributed by atoms with E-state index in [1.165, 1.54) is 5.56 Å². The van der Waals surface area contributed by atoms with Gasteiger partial charge in [-0.3, -0.25) is 0 Å². The van der Waals surface area contributed by atoms with Gasteiger partial charge in [-0.15, -0.1) is 0 Å². The van der Waals surface area contributed by atoms with E-state index >= 15 is 0 Å². The van der Waals surface area contributed by atoms with Gasteiger partial charge >= 0.3 is 0 Å². The number of alkyl halides is 1. The summed E-state index contributed by atoms with van der Waals surface area (Å²) in [6.07, 6.45) is 2.46. The average molecular weight is 235 g/mol. The molecule has 1 aromatic rings. The van der Waals surface area contributed by atoms with Crippen LogP contribution in [0.15, 0.2) is 24.3 Å². The first kappa shape index (κ1) is 12.6. The highest BCUT2D eigenvalue weighted by Crippen LogP contribution is 2.35. The molecule has 2 N–H and O–H groups in total. The standard InChI is InChI=1S/C15H22FN/c1-11(2)13-5-3-12(4-6-13)9-15(16)8-7-14(17)10-15/h3-6,11,14H,7-10,17H2,1-2H3. The Morgan fingerprint density at radius 1 is 1.35 bits per heavy atom. The van der Waals surface area contributed by atoms with Crippen molar-refractivity contribution < 1.29 is 4.39 Å². The molecule has 0 aliphatic heterocycles. The minimum atomic E-state index is -1.07. The molecular weight excluding hydrogens is 213 g/mol. The summed E-state index contributed by atoms with van der Waals surface area (Å²) in [6.45, 7) is 4.34. The summed E-state index contributed by atoms with van der Waals surface area (Å²) in [6, 6.07) is 8.38. The first-order chi connectivity index (χ1) is 7.98. The third-order valence-corrected chi connectivity index (χ3v) is 3.76. The van der Waals surface area contributed by atoms with E-state index in [1.807, 2.05) is 0 Å². The highest BCUT2D eigenvalue weighted by atomic mass is 19.1. The molecule has 17 heavy (non-hydrogen) atoms. The molecule has 1 saturated carbocycles. The zero-order chi connectivity index (χ0) is 12.5. The highest BCUT2D eigenvalue weighted by Gasteiger charge is 2.37. The van der Waals surface area contributed by atoms with Gasteiger partial charge in [0.15, 0.2) is 0 Å². The quantitative estimate of drug-likeness (QED) is 0.851. The van der Waals surface area contributed by atoms with Crippen molar-refractivity contribution in [2.45, 2.75) is 57.2 Å². The molecule has 1 aliphatic rings. The van der Waals surface area contributed by atoms with Gasteiger partial charge < -0.3 is 5.73 Å². The van der Waals surface area contributed by atoms with Crippen LogP contribution >= 0.6 is 0 Å². The number of rotatable bonds is 3. The number of halogens is 1. The van der Waals surface area contributed by atoms with Crippen LogP contribution in [-0.4, -0.2) is 11.7 Å². The molecule has 0 radical (unpaired) electrons. The second-order valence-corrected chi connectivity index (χ2v) is 5.73. The van der Waals surface area contributed by atoms with Crippen molar-refractivity contribution in [3.05, 3.63) is 35.4 Å². The van der Waals surface area contributed by atoms with Gasteiger partial charge in [0.1, 0.15) is 5.67 Å². The lowest BCUT2D eigenvalue weighted by atomic mass is 9.93. The minimum absolute atomic E-state index is 0.0509. The molecule has 0 spiro atoms. The van der Waals surface area contributed by atoms with E-state index < -0.39 is 5.67 Å². The molecule has 0 saturated heterocycles. The smallest absolute Gasteiger partial charge is 0.116 e. The zero-order valence-corrected chi connectivity index (χ0v) is 10.7. The first-order valence-corrected chi connectivity index (χ1v) is 6.52. The molecule has 0 bridgehead atoms. The van der Waals surface area contributed by atoms with Crippen LogP contribution in [0.5, 0.6) is 0 Å². The van der Waals surface area contributed by atoms with Gasteiger partial charge in [0.25, 0.3) is 0 Å². The predicted molar refractivity (Wildman–Crippen MR) is 69.9 cm³/mol. The van der Waals surface area contributed by atoms with Crippen LogP contribution in [0.4, 0.5) is 4.39 Å². The molecule has 1 aromatic carbocycles. The Morgan fingerprint density at radius 2 is 2.00 bits per heavy atom. The van der Waals surface area contributed by atoms with Crippen LogP contribution < -0.4 is 5.73 Å². The van der Waals surface area contributed by atoms with Gasteiger partial charge in [-0.1, -0.05) is 38.1 Å². The monoisotopic (exact) mass is 235 g/mol. The number of hydrogen-bond donors (Lipinski definition) is 1. The van der Waals surface area contributed by atoms with E-state index in [0.29, 0.717) is 25.2 Å². The molecule has 2 unspecified atom stereocenters. The van der Waals surface area contributed by atoms with Gasteiger partial charge in [0.2, 0.25) is 0 Å². The van der Waals surface area contributed by atoms with Crippen molar-refractivity contribution in [3.8, 4) is 0 Å². The Morgan fingerprint density at radius 3 is 2.47 bits per heavy atom. The largest absolute Gasteiger partial charge is 0.328 e. The third-order valence-electron chi connectivity index (χ3n) is 3.76. The van der Waals surface area contributed by atoms with Gasteiger partial charge in [-0.25, -0.2) is 4.39 Å². The molecule has 0 amide bonds. The molecular formula is C15H22FN. The third kappa shape index (κ3) is 3.06. The lowest BCUT2D eigenvalue weighted by molar-refractivity contribution is 0.170. The lowest BCUT2D eigenvalue weighted by Crippen LogP contribution is -2.25. The molecule has 1 nitrogen and oxygen atoms in total. The van der Waals surface area contributed by atoms with Gasteiger partial charge in [0.05, 0.1) is 0 Å². The minimum Gasteiger partial charge on any atom is -0.328 e. The van der Waals surface area contributed by atoms with Crippen LogP contribution in [0, 0.1) is 0 Å². The maximum atomic E-state index is 14.4. The zero-order valence-electron chi connectivity index (χ0n) is 10.7. The van der Waals surface area contributed by atoms with Crippen LogP contribution in [0.3, 0.4) is 0 Å². The summed E-state index contributed by atoms with van der Waals surface area (Å²) >= 11 is 0. The molecule has 1 fully saturated rings. The van der Waals surface area contributed by atoms with E-state index in [0.717, 1.165) is 12.0 Å². The second-order valence-electron chi connectivity index (χ2n) is 5.73. The number of hydrogen-bond acceptors (Lipinski definition) is 1. The van der Waals surface area contributed by atoms with Gasteiger partial charge in [-0.2, -0.15) is 0 Å². The van der Waals surface area contributed by atoms with Gasteiger partial charge in [-0.05, 0) is 36.3 Å². The average Bonchev–Trinajstić information content (AvgIpc) is 2.59. The summed E-state index contributed by atoms with van der Waals surface area (Å²) in [7, 11) is 0. The fourth-order valence-electron chi connectivity index (χ4n) is 2.66. The molecule has 2 heteroatoms. The van der Waals surface area contributed by atoms with Crippen molar-refractivity contribution in [2.24, 2.45) is 5.73 Å². The van der Waals surface area contributed by atoms with Crippen LogP contribution in [-0.2, 0) is 6.42 Å². The van der Waals surface area contributed by atoms with Crippen LogP contribution in [0.2, 0.25) is 0 Å². The van der Waals surface area contributed by atoms with Crippen molar-refractivity contribution in [1.82, 2.24) is 0 Å². The summed E-state index contributed by atoms with van der Waals surface area (Å²) in [5, 5.41) is 0. The lowest BCUT2D eigenvalue weighted by Gasteiger charge is -2.19. The van der Waals surface area contributed by atoms with E-state index in [2.05, 4.69) is 38.1 Å². The normalized spacial score (nSPS) is 28.9. The Labute approximate surface area is 103 Å². The van der Waals surface area contributed by atoms with E-state index in [4.69, 9.17) is 5.73 Å². The Hall–Kier alpha value is -0.890. The Balaban J connectivity index is 2.04. The summed E-state index contributed by atoms with van der Waals surface area (Å²) in [5.74, 6) is 0.531. The highest BCUT2D eigenvalue weighted by molar-refractivity contribution is 5.26. The van der Waals surface area contributed by atoms with Crippen molar-refractivity contribution in [1.29, 1.82) is 0 Å². The summed E-state index contributed by atoms with van der Waals surface area (Å²) < 4.78 is 14.4. The number of benzene rings is 1. The van der Waals surface area contributed by atoms with E-state index in [9.17, 15) is 4.39 Å². The maximum absolute atomic E-state index is 14.4. The van der Waals surface area contributed by atoms with Crippen molar-refractivity contribution in [2.75, 3.05) is 0 Å².